The molecular weight excluding hydrogens is 174 g/mol. The van der Waals surface area contributed by atoms with Gasteiger partial charge in [-0.15, -0.1) is 0 Å². The van der Waals surface area contributed by atoms with Gasteiger partial charge < -0.3 is 10.8 Å². The van der Waals surface area contributed by atoms with E-state index >= 15 is 0 Å². The number of rotatable bonds is 1. The Hall–Kier alpha value is -0.860. The SMILES string of the molecule is CC1CCC(N)(CO)c2ccccc21. The highest BCUT2D eigenvalue weighted by Gasteiger charge is 2.34. The normalized spacial score (nSPS) is 31.2. The molecule has 0 spiro atoms. The van der Waals surface area contributed by atoms with E-state index in [0.29, 0.717) is 5.92 Å². The molecule has 0 bridgehead atoms. The summed E-state index contributed by atoms with van der Waals surface area (Å²) in [5.74, 6) is 0.564. The minimum absolute atomic E-state index is 0.0384. The third-order valence-corrected chi connectivity index (χ3v) is 3.33. The molecule has 3 N–H and O–H groups in total. The van der Waals surface area contributed by atoms with E-state index in [-0.39, 0.29) is 6.61 Å². The molecule has 2 rings (SSSR count). The zero-order valence-corrected chi connectivity index (χ0v) is 8.53. The molecular formula is C12H17NO. The molecule has 14 heavy (non-hydrogen) atoms. The van der Waals surface area contributed by atoms with Crippen LogP contribution in [0.5, 0.6) is 0 Å². The van der Waals surface area contributed by atoms with Crippen molar-refractivity contribution in [1.82, 2.24) is 0 Å². The first-order chi connectivity index (χ1) is 6.67. The summed E-state index contributed by atoms with van der Waals surface area (Å²) in [6, 6.07) is 8.20. The van der Waals surface area contributed by atoms with Gasteiger partial charge in [-0.2, -0.15) is 0 Å². The predicted molar refractivity (Wildman–Crippen MR) is 57.0 cm³/mol. The summed E-state index contributed by atoms with van der Waals surface area (Å²) in [7, 11) is 0. The highest BCUT2D eigenvalue weighted by atomic mass is 16.3. The van der Waals surface area contributed by atoms with Gasteiger partial charge in [-0.05, 0) is 29.9 Å². The quantitative estimate of drug-likeness (QED) is 0.710. The molecule has 0 saturated carbocycles. The van der Waals surface area contributed by atoms with Gasteiger partial charge in [0.2, 0.25) is 0 Å². The van der Waals surface area contributed by atoms with Crippen LogP contribution < -0.4 is 5.73 Å². The zero-order valence-electron chi connectivity index (χ0n) is 8.53. The van der Waals surface area contributed by atoms with Crippen molar-refractivity contribution in [3.8, 4) is 0 Å². The molecule has 2 unspecified atom stereocenters. The van der Waals surface area contributed by atoms with Crippen molar-refractivity contribution in [2.75, 3.05) is 6.61 Å². The number of aliphatic hydroxyl groups is 1. The predicted octanol–water partition coefficient (Wildman–Crippen LogP) is 1.73. The monoisotopic (exact) mass is 191 g/mol. The third kappa shape index (κ3) is 1.35. The summed E-state index contributed by atoms with van der Waals surface area (Å²) in [6.45, 7) is 2.26. The van der Waals surface area contributed by atoms with Crippen molar-refractivity contribution in [2.45, 2.75) is 31.2 Å². The van der Waals surface area contributed by atoms with Crippen molar-refractivity contribution in [2.24, 2.45) is 5.73 Å². The molecule has 0 amide bonds. The largest absolute Gasteiger partial charge is 0.394 e. The van der Waals surface area contributed by atoms with Gasteiger partial charge >= 0.3 is 0 Å². The lowest BCUT2D eigenvalue weighted by atomic mass is 9.73. The lowest BCUT2D eigenvalue weighted by molar-refractivity contribution is 0.174. The second-order valence-corrected chi connectivity index (χ2v) is 4.34. The smallest absolute Gasteiger partial charge is 0.0653 e. The minimum Gasteiger partial charge on any atom is -0.394 e. The summed E-state index contributed by atoms with van der Waals surface area (Å²) in [6.07, 6.45) is 1.94. The minimum atomic E-state index is -0.511. The average molecular weight is 191 g/mol. The summed E-state index contributed by atoms with van der Waals surface area (Å²) >= 11 is 0. The van der Waals surface area contributed by atoms with Crippen LogP contribution in [-0.4, -0.2) is 11.7 Å². The van der Waals surface area contributed by atoms with Crippen molar-refractivity contribution < 1.29 is 5.11 Å². The number of hydrogen-bond donors (Lipinski definition) is 2. The van der Waals surface area contributed by atoms with Gasteiger partial charge in [-0.3, -0.25) is 0 Å². The van der Waals surface area contributed by atoms with Gasteiger partial charge in [0.05, 0.1) is 12.1 Å². The Labute approximate surface area is 84.7 Å². The lowest BCUT2D eigenvalue weighted by Crippen LogP contribution is -2.43. The van der Waals surface area contributed by atoms with Crippen LogP contribution >= 0.6 is 0 Å². The molecule has 0 fully saturated rings. The van der Waals surface area contributed by atoms with Crippen molar-refractivity contribution >= 4 is 0 Å². The third-order valence-electron chi connectivity index (χ3n) is 3.33. The molecule has 1 aliphatic carbocycles. The van der Waals surface area contributed by atoms with Crippen LogP contribution in [0.1, 0.15) is 36.8 Å². The van der Waals surface area contributed by atoms with E-state index in [2.05, 4.69) is 13.0 Å². The molecule has 1 aromatic carbocycles. The Balaban J connectivity index is 2.52. The van der Waals surface area contributed by atoms with Crippen LogP contribution in [0.25, 0.3) is 0 Å². The Morgan fingerprint density at radius 3 is 2.93 bits per heavy atom. The van der Waals surface area contributed by atoms with Crippen LogP contribution in [0.4, 0.5) is 0 Å². The molecule has 76 valence electrons. The van der Waals surface area contributed by atoms with E-state index in [1.807, 2.05) is 18.2 Å². The first kappa shape index (κ1) is 9.69. The van der Waals surface area contributed by atoms with Gasteiger partial charge in [0.1, 0.15) is 0 Å². The van der Waals surface area contributed by atoms with Gasteiger partial charge in [0, 0.05) is 0 Å². The van der Waals surface area contributed by atoms with E-state index < -0.39 is 5.54 Å². The van der Waals surface area contributed by atoms with Gasteiger partial charge in [-0.1, -0.05) is 31.2 Å². The van der Waals surface area contributed by atoms with Gasteiger partial charge in [0.25, 0.3) is 0 Å². The van der Waals surface area contributed by atoms with Crippen LogP contribution in [0.3, 0.4) is 0 Å². The van der Waals surface area contributed by atoms with E-state index in [1.54, 1.807) is 0 Å². The molecule has 2 heteroatoms. The fourth-order valence-corrected chi connectivity index (χ4v) is 2.31. The maximum Gasteiger partial charge on any atom is 0.0653 e. The Bertz CT molecular complexity index is 337. The number of benzene rings is 1. The van der Waals surface area contributed by atoms with Crippen molar-refractivity contribution in [3.05, 3.63) is 35.4 Å². The maximum atomic E-state index is 9.36. The van der Waals surface area contributed by atoms with E-state index in [1.165, 1.54) is 5.56 Å². The van der Waals surface area contributed by atoms with E-state index in [9.17, 15) is 5.11 Å². The number of fused-ring (bicyclic) bond motifs is 1. The lowest BCUT2D eigenvalue weighted by Gasteiger charge is -2.37. The molecule has 0 radical (unpaired) electrons. The maximum absolute atomic E-state index is 9.36. The summed E-state index contributed by atoms with van der Waals surface area (Å²) in [5, 5.41) is 9.36. The fourth-order valence-electron chi connectivity index (χ4n) is 2.31. The Morgan fingerprint density at radius 1 is 1.50 bits per heavy atom. The Morgan fingerprint density at radius 2 is 2.21 bits per heavy atom. The molecule has 2 nitrogen and oxygen atoms in total. The molecule has 2 atom stereocenters. The fraction of sp³-hybridized carbons (Fsp3) is 0.500. The first-order valence-corrected chi connectivity index (χ1v) is 5.16. The van der Waals surface area contributed by atoms with Crippen molar-refractivity contribution in [3.63, 3.8) is 0 Å². The number of hydrogen-bond acceptors (Lipinski definition) is 2. The molecule has 1 aromatic rings. The number of nitrogens with two attached hydrogens (primary N) is 1. The molecule has 0 saturated heterocycles. The van der Waals surface area contributed by atoms with Crippen molar-refractivity contribution in [1.29, 1.82) is 0 Å². The zero-order chi connectivity index (χ0) is 10.2. The van der Waals surface area contributed by atoms with Crippen LogP contribution in [0.2, 0.25) is 0 Å². The number of aliphatic hydroxyl groups excluding tert-OH is 1. The van der Waals surface area contributed by atoms with E-state index in [0.717, 1.165) is 18.4 Å². The van der Waals surface area contributed by atoms with Crippen LogP contribution in [0.15, 0.2) is 24.3 Å². The summed E-state index contributed by atoms with van der Waals surface area (Å²) < 4.78 is 0. The molecule has 0 heterocycles. The highest BCUT2D eigenvalue weighted by molar-refractivity contribution is 5.38. The first-order valence-electron chi connectivity index (χ1n) is 5.16. The van der Waals surface area contributed by atoms with Gasteiger partial charge in [0.15, 0.2) is 0 Å². The molecule has 0 aromatic heterocycles. The van der Waals surface area contributed by atoms with E-state index in [4.69, 9.17) is 5.73 Å². The standard InChI is InChI=1S/C12H17NO/c1-9-6-7-12(13,8-14)11-5-3-2-4-10(9)11/h2-5,9,14H,6-8,13H2,1H3. The average Bonchev–Trinajstić information content (AvgIpc) is 2.24. The van der Waals surface area contributed by atoms with Crippen LogP contribution in [0, 0.1) is 0 Å². The summed E-state index contributed by atoms with van der Waals surface area (Å²) in [4.78, 5) is 0. The highest BCUT2D eigenvalue weighted by Crippen LogP contribution is 2.39. The van der Waals surface area contributed by atoms with Gasteiger partial charge in [-0.25, -0.2) is 0 Å². The summed E-state index contributed by atoms with van der Waals surface area (Å²) in [5.41, 5.74) is 8.10. The Kier molecular flexibility index (Phi) is 2.33. The molecule has 0 aliphatic heterocycles. The second-order valence-electron chi connectivity index (χ2n) is 4.34. The van der Waals surface area contributed by atoms with Crippen LogP contribution in [-0.2, 0) is 5.54 Å². The second kappa shape index (κ2) is 3.37. The molecule has 1 aliphatic rings. The topological polar surface area (TPSA) is 46.2 Å².